The number of fused-ring (bicyclic) bond motifs is 1. The number of nitrogens with zero attached hydrogens (tertiary/aromatic N) is 4. The van der Waals surface area contributed by atoms with Crippen LogP contribution in [0, 0.1) is 6.92 Å². The van der Waals surface area contributed by atoms with E-state index in [-0.39, 0.29) is 11.6 Å². The topological polar surface area (TPSA) is 42.0 Å². The average Bonchev–Trinajstić information content (AvgIpc) is 2.90. The van der Waals surface area contributed by atoms with Crippen molar-refractivity contribution in [3.63, 3.8) is 0 Å². The number of alkyl halides is 3. The van der Waals surface area contributed by atoms with Gasteiger partial charge in [-0.15, -0.1) is 10.2 Å². The smallest absolute Gasteiger partial charge is 0.283 e. The first-order valence-electron chi connectivity index (χ1n) is 7.84. The van der Waals surface area contributed by atoms with Gasteiger partial charge in [0.2, 0.25) is 0 Å². The van der Waals surface area contributed by atoms with Crippen LogP contribution in [0.2, 0.25) is 0 Å². The first-order chi connectivity index (χ1) is 11.8. The predicted octanol–water partition coefficient (Wildman–Crippen LogP) is 6.20. The minimum atomic E-state index is -4.48. The lowest BCUT2D eigenvalue weighted by molar-refractivity contribution is -0.137. The van der Waals surface area contributed by atoms with Crippen LogP contribution in [0.1, 0.15) is 36.6 Å². The van der Waals surface area contributed by atoms with Gasteiger partial charge in [0.15, 0.2) is 5.82 Å². The van der Waals surface area contributed by atoms with E-state index in [1.165, 1.54) is 18.2 Å². The van der Waals surface area contributed by atoms with Crippen molar-refractivity contribution >= 4 is 17.2 Å². The molecule has 0 aliphatic rings. The molecule has 0 aliphatic heterocycles. The van der Waals surface area contributed by atoms with Gasteiger partial charge in [0.05, 0.1) is 16.9 Å². The van der Waals surface area contributed by atoms with Gasteiger partial charge >= 0.3 is 6.18 Å². The maximum Gasteiger partial charge on any atom is 0.418 e. The highest BCUT2D eigenvalue weighted by Crippen LogP contribution is 2.37. The van der Waals surface area contributed by atoms with Crippen molar-refractivity contribution in [1.29, 1.82) is 0 Å². The largest absolute Gasteiger partial charge is 0.418 e. The van der Waals surface area contributed by atoms with E-state index in [1.807, 2.05) is 39.1 Å². The molecule has 0 unspecified atom stereocenters. The summed E-state index contributed by atoms with van der Waals surface area (Å²) in [4.78, 5) is 4.52. The van der Waals surface area contributed by atoms with E-state index >= 15 is 0 Å². The Labute approximate surface area is 143 Å². The standard InChI is InChI=1S/C18H17F3N4/c1-11(2)16-17(25-10-12(3)8-9-15(25)22-16)24-23-14-7-5-4-6-13(14)18(19,20)21/h4-11H,1-3H3. The summed E-state index contributed by atoms with van der Waals surface area (Å²) in [6, 6.07) is 8.91. The zero-order chi connectivity index (χ0) is 18.2. The van der Waals surface area contributed by atoms with Gasteiger partial charge in [-0.25, -0.2) is 4.98 Å². The first kappa shape index (κ1) is 17.1. The number of benzene rings is 1. The second-order valence-corrected chi connectivity index (χ2v) is 6.12. The number of halogens is 3. The third-order valence-corrected chi connectivity index (χ3v) is 3.78. The van der Waals surface area contributed by atoms with Crippen LogP contribution >= 0.6 is 0 Å². The Morgan fingerprint density at radius 1 is 1.04 bits per heavy atom. The monoisotopic (exact) mass is 346 g/mol. The summed E-state index contributed by atoms with van der Waals surface area (Å²) in [5.41, 5.74) is 1.35. The van der Waals surface area contributed by atoms with Crippen LogP contribution in [-0.2, 0) is 6.18 Å². The Bertz CT molecular complexity index is 939. The fraction of sp³-hybridized carbons (Fsp3) is 0.278. The van der Waals surface area contributed by atoms with Crippen LogP contribution in [0.4, 0.5) is 24.7 Å². The van der Waals surface area contributed by atoms with Crippen LogP contribution in [0.5, 0.6) is 0 Å². The molecule has 0 radical (unpaired) electrons. The number of aromatic nitrogens is 2. The van der Waals surface area contributed by atoms with Crippen molar-refractivity contribution in [1.82, 2.24) is 9.38 Å². The lowest BCUT2D eigenvalue weighted by Crippen LogP contribution is -2.04. The SMILES string of the molecule is Cc1ccc2nc(C(C)C)c(N=Nc3ccccc3C(F)(F)F)n2c1. The van der Waals surface area contributed by atoms with Gasteiger partial charge in [-0.05, 0) is 36.6 Å². The van der Waals surface area contributed by atoms with Crippen LogP contribution in [-0.4, -0.2) is 9.38 Å². The first-order valence-corrected chi connectivity index (χ1v) is 7.84. The molecule has 0 N–H and O–H groups in total. The van der Waals surface area contributed by atoms with Crippen molar-refractivity contribution in [2.75, 3.05) is 0 Å². The highest BCUT2D eigenvalue weighted by atomic mass is 19.4. The van der Waals surface area contributed by atoms with E-state index in [1.54, 1.807) is 4.40 Å². The Kier molecular flexibility index (Phi) is 4.32. The van der Waals surface area contributed by atoms with E-state index in [0.29, 0.717) is 17.2 Å². The number of rotatable bonds is 3. The van der Waals surface area contributed by atoms with Crippen LogP contribution in [0.25, 0.3) is 5.65 Å². The summed E-state index contributed by atoms with van der Waals surface area (Å²) in [7, 11) is 0. The molecule has 130 valence electrons. The molecule has 25 heavy (non-hydrogen) atoms. The molecular formula is C18H17F3N4. The maximum absolute atomic E-state index is 13.1. The van der Waals surface area contributed by atoms with Crippen molar-refractivity contribution in [2.45, 2.75) is 32.9 Å². The van der Waals surface area contributed by atoms with Gasteiger partial charge in [-0.1, -0.05) is 32.0 Å². The number of pyridine rings is 1. The third kappa shape index (κ3) is 3.40. The van der Waals surface area contributed by atoms with E-state index in [0.717, 1.165) is 11.6 Å². The average molecular weight is 346 g/mol. The van der Waals surface area contributed by atoms with Crippen LogP contribution < -0.4 is 0 Å². The van der Waals surface area contributed by atoms with Gasteiger partial charge < -0.3 is 0 Å². The van der Waals surface area contributed by atoms with Crippen LogP contribution in [0.3, 0.4) is 0 Å². The summed E-state index contributed by atoms with van der Waals surface area (Å²) >= 11 is 0. The van der Waals surface area contributed by atoms with Gasteiger partial charge in [-0.2, -0.15) is 13.2 Å². The normalized spacial score (nSPS) is 12.6. The number of azo groups is 1. The molecule has 0 bridgehead atoms. The summed E-state index contributed by atoms with van der Waals surface area (Å²) < 4.78 is 41.1. The van der Waals surface area contributed by atoms with Gasteiger partial charge in [-0.3, -0.25) is 4.40 Å². The van der Waals surface area contributed by atoms with E-state index in [4.69, 9.17) is 0 Å². The lowest BCUT2D eigenvalue weighted by Gasteiger charge is -2.08. The Balaban J connectivity index is 2.14. The number of hydrogen-bond acceptors (Lipinski definition) is 3. The van der Waals surface area contributed by atoms with E-state index in [2.05, 4.69) is 15.2 Å². The summed E-state index contributed by atoms with van der Waals surface area (Å²) in [6.07, 6.45) is -2.63. The Morgan fingerprint density at radius 2 is 1.76 bits per heavy atom. The van der Waals surface area contributed by atoms with Crippen molar-refractivity contribution in [2.24, 2.45) is 10.2 Å². The summed E-state index contributed by atoms with van der Waals surface area (Å²) in [5.74, 6) is 0.512. The molecule has 4 nitrogen and oxygen atoms in total. The van der Waals surface area contributed by atoms with Gasteiger partial charge in [0.25, 0.3) is 0 Å². The summed E-state index contributed by atoms with van der Waals surface area (Å²) in [6.45, 7) is 5.84. The molecule has 0 fully saturated rings. The van der Waals surface area contributed by atoms with Gasteiger partial charge in [0.1, 0.15) is 5.65 Å². The quantitative estimate of drug-likeness (QED) is 0.521. The zero-order valence-electron chi connectivity index (χ0n) is 14.0. The highest BCUT2D eigenvalue weighted by Gasteiger charge is 2.33. The molecule has 0 amide bonds. The molecular weight excluding hydrogens is 329 g/mol. The molecule has 7 heteroatoms. The molecule has 2 aromatic heterocycles. The zero-order valence-corrected chi connectivity index (χ0v) is 14.0. The molecule has 3 rings (SSSR count). The van der Waals surface area contributed by atoms with E-state index < -0.39 is 11.7 Å². The molecule has 0 spiro atoms. The third-order valence-electron chi connectivity index (χ3n) is 3.78. The lowest BCUT2D eigenvalue weighted by atomic mass is 10.1. The molecule has 0 saturated carbocycles. The second-order valence-electron chi connectivity index (χ2n) is 6.12. The fourth-order valence-electron chi connectivity index (χ4n) is 2.55. The van der Waals surface area contributed by atoms with Crippen LogP contribution in [0.15, 0.2) is 52.8 Å². The van der Waals surface area contributed by atoms with Gasteiger partial charge in [0, 0.05) is 6.20 Å². The Morgan fingerprint density at radius 3 is 2.44 bits per heavy atom. The fourth-order valence-corrected chi connectivity index (χ4v) is 2.55. The van der Waals surface area contributed by atoms with Crippen molar-refractivity contribution < 1.29 is 13.2 Å². The number of aryl methyl sites for hydroxylation is 1. The Hall–Kier alpha value is -2.70. The number of imidazole rings is 1. The molecule has 0 aliphatic carbocycles. The highest BCUT2D eigenvalue weighted by molar-refractivity contribution is 5.54. The minimum absolute atomic E-state index is 0.0621. The summed E-state index contributed by atoms with van der Waals surface area (Å²) in [5, 5.41) is 8.01. The predicted molar refractivity (Wildman–Crippen MR) is 89.6 cm³/mol. The molecule has 0 atom stereocenters. The number of hydrogen-bond donors (Lipinski definition) is 0. The molecule has 0 saturated heterocycles. The molecule has 1 aromatic carbocycles. The van der Waals surface area contributed by atoms with Crippen molar-refractivity contribution in [3.05, 3.63) is 59.4 Å². The second kappa shape index (κ2) is 6.31. The molecule has 2 heterocycles. The molecule has 3 aromatic rings. The van der Waals surface area contributed by atoms with E-state index in [9.17, 15) is 13.2 Å². The maximum atomic E-state index is 13.1. The van der Waals surface area contributed by atoms with Crippen molar-refractivity contribution in [3.8, 4) is 0 Å². The minimum Gasteiger partial charge on any atom is -0.283 e.